The van der Waals surface area contributed by atoms with Crippen LogP contribution in [0.2, 0.25) is 0 Å². The molecule has 3 aromatic rings. The summed E-state index contributed by atoms with van der Waals surface area (Å²) in [5.41, 5.74) is 1.07. The van der Waals surface area contributed by atoms with Gasteiger partial charge in [-0.1, -0.05) is 48.5 Å². The van der Waals surface area contributed by atoms with Gasteiger partial charge in [0.15, 0.2) is 0 Å². The van der Waals surface area contributed by atoms with Crippen LogP contribution in [0.5, 0.6) is 5.75 Å². The van der Waals surface area contributed by atoms with E-state index in [-0.39, 0.29) is 18.7 Å². The lowest BCUT2D eigenvalue weighted by Crippen LogP contribution is -2.17. The summed E-state index contributed by atoms with van der Waals surface area (Å²) >= 11 is 0. The lowest BCUT2D eigenvalue weighted by molar-refractivity contribution is -0.116. The second-order valence-electron chi connectivity index (χ2n) is 6.31. The number of para-hydroxylation sites is 1. The largest absolute Gasteiger partial charge is 0.492 e. The number of anilines is 1. The van der Waals surface area contributed by atoms with Crippen molar-refractivity contribution in [1.29, 1.82) is 0 Å². The molecule has 0 fully saturated rings. The van der Waals surface area contributed by atoms with Crippen LogP contribution < -0.4 is 10.1 Å². The number of hydrogen-bond donors (Lipinski definition) is 1. The average Bonchev–Trinajstić information content (AvgIpc) is 2.76. The molecule has 0 bridgehead atoms. The molecule has 0 aliphatic heterocycles. The van der Waals surface area contributed by atoms with Crippen LogP contribution in [-0.2, 0) is 9.53 Å². The van der Waals surface area contributed by atoms with Gasteiger partial charge in [-0.2, -0.15) is 0 Å². The molecule has 0 spiro atoms. The zero-order chi connectivity index (χ0) is 21.5. The number of carbonyl (C=O) groups is 2. The number of amides is 1. The van der Waals surface area contributed by atoms with E-state index in [1.165, 1.54) is 0 Å². The molecule has 0 atom stereocenters. The van der Waals surface area contributed by atoms with Crippen LogP contribution in [0.3, 0.4) is 0 Å². The monoisotopic (exact) mass is 411 g/mol. The molecule has 3 rings (SSSR count). The fourth-order valence-electron chi connectivity index (χ4n) is 2.83. The summed E-state index contributed by atoms with van der Waals surface area (Å²) in [5.74, 6) is -2.98. The molecule has 30 heavy (non-hydrogen) atoms. The van der Waals surface area contributed by atoms with E-state index < -0.39 is 29.1 Å². The second kappa shape index (κ2) is 9.65. The molecular formula is C23H19F2NO4. The molecule has 0 aliphatic carbocycles. The Bertz CT molecular complexity index is 1050. The van der Waals surface area contributed by atoms with Crippen molar-refractivity contribution in [1.82, 2.24) is 0 Å². The normalized spacial score (nSPS) is 10.4. The molecule has 0 aromatic heterocycles. The van der Waals surface area contributed by atoms with E-state index in [1.54, 1.807) is 6.07 Å². The Morgan fingerprint density at radius 2 is 1.63 bits per heavy atom. The van der Waals surface area contributed by atoms with E-state index >= 15 is 0 Å². The molecule has 5 nitrogen and oxygen atoms in total. The number of halogens is 2. The fourth-order valence-corrected chi connectivity index (χ4v) is 2.83. The summed E-state index contributed by atoms with van der Waals surface area (Å²) < 4.78 is 37.8. The number of methoxy groups -OCH3 is 1. The second-order valence-corrected chi connectivity index (χ2v) is 6.31. The molecular weight excluding hydrogens is 392 g/mol. The molecule has 1 N–H and O–H groups in total. The number of hydrogen-bond acceptors (Lipinski definition) is 4. The number of nitrogens with one attached hydrogen (secondary N) is 1. The van der Waals surface area contributed by atoms with E-state index in [0.717, 1.165) is 24.3 Å². The van der Waals surface area contributed by atoms with Crippen molar-refractivity contribution in [2.45, 2.75) is 6.42 Å². The first-order valence-corrected chi connectivity index (χ1v) is 9.14. The van der Waals surface area contributed by atoms with Crippen LogP contribution in [0.25, 0.3) is 11.1 Å². The Kier molecular flexibility index (Phi) is 6.75. The number of rotatable bonds is 7. The molecule has 0 aliphatic rings. The minimum absolute atomic E-state index is 0.0440. The highest BCUT2D eigenvalue weighted by atomic mass is 19.1. The molecule has 0 heterocycles. The van der Waals surface area contributed by atoms with Crippen molar-refractivity contribution >= 4 is 17.6 Å². The third-order valence-electron chi connectivity index (χ3n) is 4.29. The Morgan fingerprint density at radius 1 is 0.933 bits per heavy atom. The van der Waals surface area contributed by atoms with Gasteiger partial charge in [0.2, 0.25) is 5.91 Å². The maximum Gasteiger partial charge on any atom is 0.340 e. The predicted octanol–water partition coefficient (Wildman–Crippen LogP) is 4.83. The summed E-state index contributed by atoms with van der Waals surface area (Å²) in [6.45, 7) is 0.0440. The fraction of sp³-hybridized carbons (Fsp3) is 0.130. The maximum atomic E-state index is 13.9. The lowest BCUT2D eigenvalue weighted by Gasteiger charge is -2.12. The summed E-state index contributed by atoms with van der Waals surface area (Å²) in [7, 11) is 1.08. The van der Waals surface area contributed by atoms with E-state index in [2.05, 4.69) is 10.1 Å². The number of ether oxygens (including phenoxy) is 2. The smallest absolute Gasteiger partial charge is 0.340 e. The van der Waals surface area contributed by atoms with E-state index in [0.29, 0.717) is 11.8 Å². The van der Waals surface area contributed by atoms with Crippen LogP contribution in [0.1, 0.15) is 16.8 Å². The minimum atomic E-state index is -1.07. The van der Waals surface area contributed by atoms with Crippen LogP contribution >= 0.6 is 0 Å². The van der Waals surface area contributed by atoms with Gasteiger partial charge in [0.05, 0.1) is 31.4 Å². The van der Waals surface area contributed by atoms with Gasteiger partial charge in [0.1, 0.15) is 17.4 Å². The van der Waals surface area contributed by atoms with E-state index in [9.17, 15) is 18.4 Å². The van der Waals surface area contributed by atoms with Gasteiger partial charge in [-0.3, -0.25) is 4.79 Å². The lowest BCUT2D eigenvalue weighted by atomic mass is 10.1. The summed E-state index contributed by atoms with van der Waals surface area (Å²) in [6.07, 6.45) is -0.0759. The van der Waals surface area contributed by atoms with E-state index in [4.69, 9.17) is 4.74 Å². The topological polar surface area (TPSA) is 64.6 Å². The molecule has 1 amide bonds. The molecule has 0 radical (unpaired) electrons. The highest BCUT2D eigenvalue weighted by Gasteiger charge is 2.18. The summed E-state index contributed by atoms with van der Waals surface area (Å²) in [6, 6.07) is 18.5. The van der Waals surface area contributed by atoms with Gasteiger partial charge in [-0.05, 0) is 17.7 Å². The van der Waals surface area contributed by atoms with Crippen LogP contribution in [0.15, 0.2) is 66.7 Å². The molecule has 7 heteroatoms. The SMILES string of the molecule is COC(=O)c1cc(NC(=O)CCOc2ccccc2-c2ccccc2)c(F)cc1F. The van der Waals surface area contributed by atoms with Gasteiger partial charge in [-0.25, -0.2) is 13.6 Å². The van der Waals surface area contributed by atoms with Crippen LogP contribution in [0, 0.1) is 11.6 Å². The summed E-state index contributed by atoms with van der Waals surface area (Å²) in [5, 5.41) is 2.32. The van der Waals surface area contributed by atoms with Crippen molar-refractivity contribution in [2.24, 2.45) is 0 Å². The molecule has 0 unspecified atom stereocenters. The quantitative estimate of drug-likeness (QED) is 0.566. The zero-order valence-corrected chi connectivity index (χ0v) is 16.2. The molecule has 3 aromatic carbocycles. The Labute approximate surface area is 172 Å². The first-order valence-electron chi connectivity index (χ1n) is 9.14. The van der Waals surface area contributed by atoms with Crippen molar-refractivity contribution in [2.75, 3.05) is 19.0 Å². The van der Waals surface area contributed by atoms with Gasteiger partial charge < -0.3 is 14.8 Å². The highest BCUT2D eigenvalue weighted by molar-refractivity contribution is 5.95. The zero-order valence-electron chi connectivity index (χ0n) is 16.2. The van der Waals surface area contributed by atoms with Gasteiger partial charge in [-0.15, -0.1) is 0 Å². The molecule has 0 saturated carbocycles. The minimum Gasteiger partial charge on any atom is -0.492 e. The third kappa shape index (κ3) is 5.00. The maximum absolute atomic E-state index is 13.9. The Morgan fingerprint density at radius 3 is 2.37 bits per heavy atom. The predicted molar refractivity (Wildman–Crippen MR) is 108 cm³/mol. The van der Waals surface area contributed by atoms with E-state index in [1.807, 2.05) is 48.5 Å². The number of esters is 1. The van der Waals surface area contributed by atoms with Crippen LogP contribution in [0.4, 0.5) is 14.5 Å². The van der Waals surface area contributed by atoms with Gasteiger partial charge in [0, 0.05) is 11.6 Å². The third-order valence-corrected chi connectivity index (χ3v) is 4.29. The summed E-state index contributed by atoms with van der Waals surface area (Å²) in [4.78, 5) is 23.7. The molecule has 0 saturated heterocycles. The van der Waals surface area contributed by atoms with Gasteiger partial charge >= 0.3 is 5.97 Å². The Balaban J connectivity index is 1.64. The highest BCUT2D eigenvalue weighted by Crippen LogP contribution is 2.29. The van der Waals surface area contributed by atoms with Crippen molar-refractivity contribution < 1.29 is 27.8 Å². The van der Waals surface area contributed by atoms with Gasteiger partial charge in [0.25, 0.3) is 0 Å². The first-order chi connectivity index (χ1) is 14.5. The van der Waals surface area contributed by atoms with Crippen molar-refractivity contribution in [3.8, 4) is 16.9 Å². The number of carbonyl (C=O) groups excluding carboxylic acids is 2. The standard InChI is InChI=1S/C23H19F2NO4/c1-29-23(28)17-13-20(19(25)14-18(17)24)26-22(27)11-12-30-21-10-6-5-9-16(21)15-7-3-2-4-8-15/h2-10,13-14H,11-12H2,1H3,(H,26,27). The van der Waals surface area contributed by atoms with Crippen molar-refractivity contribution in [3.05, 3.63) is 83.9 Å². The molecule has 154 valence electrons. The first kappa shape index (κ1) is 21.0. The number of benzene rings is 3. The van der Waals surface area contributed by atoms with Crippen molar-refractivity contribution in [3.63, 3.8) is 0 Å². The van der Waals surface area contributed by atoms with Crippen LogP contribution in [-0.4, -0.2) is 25.6 Å². The average molecular weight is 411 g/mol. The Hall–Kier alpha value is -3.74.